The summed E-state index contributed by atoms with van der Waals surface area (Å²) >= 11 is 0. The molecule has 56 heavy (non-hydrogen) atoms. The zero-order valence-electron chi connectivity index (χ0n) is 33.2. The number of hydrogen-bond donors (Lipinski definition) is 1. The van der Waals surface area contributed by atoms with Gasteiger partial charge < -0.3 is 29.6 Å². The molecule has 8 nitrogen and oxygen atoms in total. The Labute approximate surface area is 329 Å². The molecule has 0 aliphatic carbocycles. The Balaban J connectivity index is 1.04. The predicted molar refractivity (Wildman–Crippen MR) is 225 cm³/mol. The highest BCUT2D eigenvalue weighted by atomic mass is 16.5. The largest absolute Gasteiger partial charge is 0.493 e. The van der Waals surface area contributed by atoms with Crippen LogP contribution in [0.1, 0.15) is 73.6 Å². The van der Waals surface area contributed by atoms with E-state index in [0.717, 1.165) is 29.7 Å². The van der Waals surface area contributed by atoms with Crippen LogP contribution in [0.25, 0.3) is 12.2 Å². The molecular formula is C48H49N3O5. The number of nitrogens with zero attached hydrogens (tertiary/aromatic N) is 2. The summed E-state index contributed by atoms with van der Waals surface area (Å²) < 4.78 is 25.3. The molecule has 5 aromatic carbocycles. The number of aryl methyl sites for hydroxylation is 2. The number of nitroso groups, excluding NO2 is 1. The van der Waals surface area contributed by atoms with Gasteiger partial charge in [-0.05, 0) is 103 Å². The Morgan fingerprint density at radius 1 is 0.750 bits per heavy atom. The van der Waals surface area contributed by atoms with E-state index < -0.39 is 16.7 Å². The highest BCUT2D eigenvalue weighted by molar-refractivity contribution is 5.76. The second kappa shape index (κ2) is 13.6. The van der Waals surface area contributed by atoms with E-state index in [2.05, 4.69) is 136 Å². The van der Waals surface area contributed by atoms with Crippen LogP contribution in [-0.2, 0) is 30.2 Å². The van der Waals surface area contributed by atoms with Crippen LogP contribution in [0.4, 0.5) is 17.1 Å². The SMILES string of the molecule is COc1cc(N)cc2c1OC(C)(C(C)(C)c1ccccc1CCc1ccc(CN3c4ccccc4C(C)(C)C34C=Cc3cc(N=O)cc(OC)c3O4)cc1)C=C2. The third-order valence-electron chi connectivity index (χ3n) is 12.5. The lowest BCUT2D eigenvalue weighted by Gasteiger charge is -2.47. The summed E-state index contributed by atoms with van der Waals surface area (Å²) in [7, 11) is 3.23. The molecule has 0 saturated carbocycles. The van der Waals surface area contributed by atoms with Gasteiger partial charge in [0.2, 0.25) is 5.72 Å². The standard InChI is InChI=1S/C48H49N3O5/c1-45(2,47(5)24-22-34-26-36(49)28-41(53-6)43(34)55-47)38-13-9-8-12-33(38)21-20-31-16-18-32(19-17-31)30-51-40-15-11-10-14-39(40)46(3,4)48(51)25-23-35-27-37(50-52)29-42(54-7)44(35)56-48/h8-19,22-29H,20-21,30,49H2,1-7H3. The second-order valence-electron chi connectivity index (χ2n) is 16.3. The van der Waals surface area contributed by atoms with Crippen molar-refractivity contribution >= 4 is 29.2 Å². The summed E-state index contributed by atoms with van der Waals surface area (Å²) in [5.74, 6) is 2.43. The van der Waals surface area contributed by atoms with E-state index in [0.29, 0.717) is 40.9 Å². The van der Waals surface area contributed by atoms with Gasteiger partial charge in [-0.25, -0.2) is 0 Å². The number of anilines is 2. The van der Waals surface area contributed by atoms with E-state index in [-0.39, 0.29) is 5.41 Å². The maximum absolute atomic E-state index is 11.4. The monoisotopic (exact) mass is 747 g/mol. The van der Waals surface area contributed by atoms with Gasteiger partial charge in [-0.3, -0.25) is 0 Å². The van der Waals surface area contributed by atoms with E-state index in [1.165, 1.54) is 27.8 Å². The maximum Gasteiger partial charge on any atom is 0.212 e. The first-order valence-electron chi connectivity index (χ1n) is 19.2. The maximum atomic E-state index is 11.4. The van der Waals surface area contributed by atoms with Gasteiger partial charge in [-0.1, -0.05) is 86.7 Å². The Kier molecular flexibility index (Phi) is 8.98. The highest BCUT2D eigenvalue weighted by Gasteiger charge is 2.59. The van der Waals surface area contributed by atoms with Crippen LogP contribution < -0.4 is 29.6 Å². The number of fused-ring (bicyclic) bond motifs is 3. The summed E-state index contributed by atoms with van der Waals surface area (Å²) in [6.45, 7) is 11.7. The van der Waals surface area contributed by atoms with Gasteiger partial charge in [0.05, 0.1) is 19.6 Å². The Morgan fingerprint density at radius 2 is 1.39 bits per heavy atom. The van der Waals surface area contributed by atoms with Gasteiger partial charge in [-0.2, -0.15) is 0 Å². The predicted octanol–water partition coefficient (Wildman–Crippen LogP) is 10.7. The van der Waals surface area contributed by atoms with Crippen molar-refractivity contribution in [2.24, 2.45) is 5.18 Å². The van der Waals surface area contributed by atoms with Crippen molar-refractivity contribution in [3.8, 4) is 23.0 Å². The zero-order valence-corrected chi connectivity index (χ0v) is 33.2. The van der Waals surface area contributed by atoms with Crippen molar-refractivity contribution in [2.75, 3.05) is 24.9 Å². The minimum Gasteiger partial charge on any atom is -0.493 e. The first kappa shape index (κ1) is 36.9. The summed E-state index contributed by atoms with van der Waals surface area (Å²) in [6.07, 6.45) is 10.2. The van der Waals surface area contributed by atoms with E-state index in [9.17, 15) is 4.91 Å². The highest BCUT2D eigenvalue weighted by Crippen LogP contribution is 2.57. The van der Waals surface area contributed by atoms with Gasteiger partial charge in [0.25, 0.3) is 0 Å². The van der Waals surface area contributed by atoms with Crippen molar-refractivity contribution < 1.29 is 18.9 Å². The first-order valence-corrected chi connectivity index (χ1v) is 19.2. The average molecular weight is 748 g/mol. The molecule has 2 unspecified atom stereocenters. The molecule has 0 saturated heterocycles. The van der Waals surface area contributed by atoms with Crippen molar-refractivity contribution in [3.63, 3.8) is 0 Å². The second-order valence-corrected chi connectivity index (χ2v) is 16.3. The normalized spacial score (nSPS) is 20.1. The molecular weight excluding hydrogens is 699 g/mol. The fourth-order valence-electron chi connectivity index (χ4n) is 8.82. The van der Waals surface area contributed by atoms with Crippen LogP contribution >= 0.6 is 0 Å². The molecule has 0 aromatic heterocycles. The van der Waals surface area contributed by atoms with Crippen molar-refractivity contribution in [1.82, 2.24) is 0 Å². The summed E-state index contributed by atoms with van der Waals surface area (Å²) in [6, 6.07) is 33.3. The van der Waals surface area contributed by atoms with Crippen molar-refractivity contribution in [2.45, 2.75) is 76.2 Å². The Morgan fingerprint density at radius 3 is 2.14 bits per heavy atom. The Hall–Kier alpha value is -6.02. The number of nitrogens with two attached hydrogens (primary N) is 1. The fourth-order valence-corrected chi connectivity index (χ4v) is 8.82. The van der Waals surface area contributed by atoms with Crippen molar-refractivity contribution in [1.29, 1.82) is 0 Å². The molecule has 0 amide bonds. The molecule has 2 atom stereocenters. The van der Waals surface area contributed by atoms with Gasteiger partial charge >= 0.3 is 0 Å². The molecule has 5 aromatic rings. The molecule has 3 heterocycles. The molecule has 0 fully saturated rings. The van der Waals surface area contributed by atoms with Crippen LogP contribution in [0.15, 0.2) is 114 Å². The van der Waals surface area contributed by atoms with Gasteiger partial charge in [0.1, 0.15) is 11.3 Å². The number of para-hydroxylation sites is 1. The molecule has 0 radical (unpaired) electrons. The third kappa shape index (κ3) is 5.81. The average Bonchev–Trinajstić information content (AvgIpc) is 3.38. The van der Waals surface area contributed by atoms with E-state index in [1.54, 1.807) is 26.4 Å². The molecule has 8 heteroatoms. The minimum atomic E-state index is -0.850. The van der Waals surface area contributed by atoms with E-state index >= 15 is 0 Å². The number of rotatable bonds is 10. The minimum absolute atomic E-state index is 0.297. The van der Waals surface area contributed by atoms with Gasteiger partial charge in [-0.15, -0.1) is 4.91 Å². The lowest BCUT2D eigenvalue weighted by Crippen LogP contribution is -2.59. The van der Waals surface area contributed by atoms with E-state index in [4.69, 9.17) is 24.7 Å². The lowest BCUT2D eigenvalue weighted by atomic mass is 9.68. The molecule has 3 aliphatic rings. The quantitative estimate of drug-likeness (QED) is 0.112. The number of hydrogen-bond acceptors (Lipinski definition) is 8. The molecule has 1 spiro atoms. The Bertz CT molecular complexity index is 2400. The molecule has 8 rings (SSSR count). The number of methoxy groups -OCH3 is 2. The number of nitrogen functional groups attached to an aromatic ring is 1. The van der Waals surface area contributed by atoms with Gasteiger partial charge in [0.15, 0.2) is 23.0 Å². The lowest BCUT2D eigenvalue weighted by molar-refractivity contribution is 0.0493. The van der Waals surface area contributed by atoms with Crippen molar-refractivity contribution in [3.05, 3.63) is 153 Å². The van der Waals surface area contributed by atoms with Crippen LogP contribution in [0.2, 0.25) is 0 Å². The fraction of sp³-hybridized carbons (Fsp3) is 0.292. The molecule has 286 valence electrons. The van der Waals surface area contributed by atoms with Gasteiger partial charge in [0, 0.05) is 46.6 Å². The smallest absolute Gasteiger partial charge is 0.212 e. The molecule has 0 bridgehead atoms. The zero-order chi connectivity index (χ0) is 39.5. The molecule has 2 N–H and O–H groups in total. The van der Waals surface area contributed by atoms with Crippen LogP contribution in [0.3, 0.4) is 0 Å². The van der Waals surface area contributed by atoms with Crippen LogP contribution in [-0.4, -0.2) is 25.5 Å². The first-order chi connectivity index (χ1) is 26.8. The van der Waals surface area contributed by atoms with Crippen LogP contribution in [0.5, 0.6) is 23.0 Å². The number of ether oxygens (including phenoxy) is 4. The summed E-state index contributed by atoms with van der Waals surface area (Å²) in [5.41, 5.74) is 13.8. The third-order valence-corrected chi connectivity index (χ3v) is 12.5. The number of benzene rings is 5. The summed E-state index contributed by atoms with van der Waals surface area (Å²) in [4.78, 5) is 13.8. The van der Waals surface area contributed by atoms with Crippen LogP contribution in [0, 0.1) is 4.91 Å². The van der Waals surface area contributed by atoms with E-state index in [1.807, 2.05) is 18.2 Å². The summed E-state index contributed by atoms with van der Waals surface area (Å²) in [5, 5.41) is 3.15. The topological polar surface area (TPSA) is 95.6 Å². The molecule has 3 aliphatic heterocycles.